The van der Waals surface area contributed by atoms with Gasteiger partial charge in [-0.05, 0) is 37.1 Å². The van der Waals surface area contributed by atoms with Crippen molar-refractivity contribution in [2.75, 3.05) is 45.8 Å². The third-order valence-electron chi connectivity index (χ3n) is 5.29. The van der Waals surface area contributed by atoms with Crippen LogP contribution in [0.3, 0.4) is 0 Å². The maximum Gasteiger partial charge on any atom is 0.253 e. The van der Waals surface area contributed by atoms with E-state index < -0.39 is 0 Å². The largest absolute Gasteiger partial charge is 0.369 e. The molecule has 0 aliphatic carbocycles. The third kappa shape index (κ3) is 4.99. The minimum Gasteiger partial charge on any atom is -0.369 e. The molecule has 7 nitrogen and oxygen atoms in total. The third-order valence-corrected chi connectivity index (χ3v) is 5.54. The summed E-state index contributed by atoms with van der Waals surface area (Å²) < 4.78 is 0. The molecule has 2 aliphatic rings. The molecule has 2 heterocycles. The number of nitrogens with zero attached hydrogens (tertiary/aromatic N) is 3. The van der Waals surface area contributed by atoms with Gasteiger partial charge in [0.25, 0.3) is 5.91 Å². The predicted molar refractivity (Wildman–Crippen MR) is 102 cm³/mol. The number of carbonyl (C=O) groups excluding carboxylic acids is 3. The minimum atomic E-state index is -0.332. The number of piperidine rings is 1. The summed E-state index contributed by atoms with van der Waals surface area (Å²) in [5.41, 5.74) is 6.00. The number of nitrogens with two attached hydrogens (primary N) is 1. The number of rotatable bonds is 4. The number of halogens is 1. The first-order chi connectivity index (χ1) is 12.9. The number of amides is 3. The van der Waals surface area contributed by atoms with Gasteiger partial charge >= 0.3 is 0 Å². The fourth-order valence-electron chi connectivity index (χ4n) is 3.61. The van der Waals surface area contributed by atoms with Crippen LogP contribution in [0.1, 0.15) is 23.2 Å². The molecular formula is C19H25ClN4O3. The molecule has 1 aromatic carbocycles. The number of primary amides is 1. The van der Waals surface area contributed by atoms with Crippen LogP contribution < -0.4 is 5.73 Å². The lowest BCUT2D eigenvalue weighted by Gasteiger charge is -2.37. The van der Waals surface area contributed by atoms with Gasteiger partial charge in [-0.3, -0.25) is 19.3 Å². The summed E-state index contributed by atoms with van der Waals surface area (Å²) in [4.78, 5) is 42.0. The van der Waals surface area contributed by atoms with Crippen LogP contribution in [0.2, 0.25) is 5.02 Å². The van der Waals surface area contributed by atoms with Gasteiger partial charge in [-0.25, -0.2) is 0 Å². The van der Waals surface area contributed by atoms with Gasteiger partial charge in [0.2, 0.25) is 11.8 Å². The van der Waals surface area contributed by atoms with Crippen molar-refractivity contribution in [1.29, 1.82) is 0 Å². The zero-order valence-corrected chi connectivity index (χ0v) is 16.0. The summed E-state index contributed by atoms with van der Waals surface area (Å²) in [6.45, 7) is 3.88. The summed E-state index contributed by atoms with van der Waals surface area (Å²) >= 11 is 5.87. The Bertz CT molecular complexity index is 701. The highest BCUT2D eigenvalue weighted by molar-refractivity contribution is 6.30. The predicted octanol–water partition coefficient (Wildman–Crippen LogP) is 0.822. The summed E-state index contributed by atoms with van der Waals surface area (Å²) in [6, 6.07) is 6.88. The molecule has 3 amide bonds. The number of benzene rings is 1. The maximum absolute atomic E-state index is 12.5. The van der Waals surface area contributed by atoms with Crippen molar-refractivity contribution in [3.8, 4) is 0 Å². The molecule has 3 rings (SSSR count). The van der Waals surface area contributed by atoms with Crippen molar-refractivity contribution in [2.24, 2.45) is 11.7 Å². The molecule has 1 aromatic rings. The van der Waals surface area contributed by atoms with Crippen molar-refractivity contribution in [3.63, 3.8) is 0 Å². The fourth-order valence-corrected chi connectivity index (χ4v) is 3.74. The zero-order chi connectivity index (χ0) is 19.4. The molecule has 2 N–H and O–H groups in total. The van der Waals surface area contributed by atoms with Crippen LogP contribution in [0.15, 0.2) is 24.3 Å². The Morgan fingerprint density at radius 1 is 1.00 bits per heavy atom. The Hall–Kier alpha value is -2.12. The lowest BCUT2D eigenvalue weighted by atomic mass is 9.97. The summed E-state index contributed by atoms with van der Waals surface area (Å²) in [5, 5.41) is 0.603. The first-order valence-electron chi connectivity index (χ1n) is 9.28. The van der Waals surface area contributed by atoms with Gasteiger partial charge in [-0.1, -0.05) is 11.6 Å². The molecule has 0 bridgehead atoms. The Morgan fingerprint density at radius 3 is 2.30 bits per heavy atom. The van der Waals surface area contributed by atoms with Crippen LogP contribution in [0.4, 0.5) is 0 Å². The highest BCUT2D eigenvalue weighted by atomic mass is 35.5. The van der Waals surface area contributed by atoms with Crippen LogP contribution in [-0.2, 0) is 9.59 Å². The average molecular weight is 393 g/mol. The van der Waals surface area contributed by atoms with Gasteiger partial charge in [-0.15, -0.1) is 0 Å². The number of carbonyl (C=O) groups is 3. The standard InChI is InChI=1S/C19H25ClN4O3/c20-16-5-3-14(4-6-16)19(27)23-10-8-22(9-11-23)13-17(25)24-7-1-2-15(12-24)18(21)26/h3-6,15H,1-2,7-13H2,(H2,21,26). The fraction of sp³-hybridized carbons (Fsp3) is 0.526. The molecule has 0 spiro atoms. The van der Waals surface area contributed by atoms with E-state index in [4.69, 9.17) is 17.3 Å². The van der Waals surface area contributed by atoms with Crippen LogP contribution in [0, 0.1) is 5.92 Å². The zero-order valence-electron chi connectivity index (χ0n) is 15.3. The van der Waals surface area contributed by atoms with Crippen LogP contribution in [0.5, 0.6) is 0 Å². The van der Waals surface area contributed by atoms with E-state index in [9.17, 15) is 14.4 Å². The number of hydrogen-bond donors (Lipinski definition) is 1. The monoisotopic (exact) mass is 392 g/mol. The van der Waals surface area contributed by atoms with Crippen LogP contribution >= 0.6 is 11.6 Å². The second-order valence-corrected chi connectivity index (χ2v) is 7.59. The van der Waals surface area contributed by atoms with Crippen LogP contribution in [0.25, 0.3) is 0 Å². The van der Waals surface area contributed by atoms with Gasteiger partial charge < -0.3 is 15.5 Å². The molecular weight excluding hydrogens is 368 g/mol. The van der Waals surface area contributed by atoms with Gasteiger partial charge in [0.05, 0.1) is 12.5 Å². The van der Waals surface area contributed by atoms with Gasteiger partial charge in [0.15, 0.2) is 0 Å². The van der Waals surface area contributed by atoms with E-state index in [0.29, 0.717) is 56.4 Å². The smallest absolute Gasteiger partial charge is 0.253 e. The molecule has 0 aromatic heterocycles. The molecule has 8 heteroatoms. The first kappa shape index (κ1) is 19.6. The second-order valence-electron chi connectivity index (χ2n) is 7.16. The van der Waals surface area contributed by atoms with Crippen molar-refractivity contribution >= 4 is 29.3 Å². The topological polar surface area (TPSA) is 86.9 Å². The molecule has 146 valence electrons. The number of hydrogen-bond acceptors (Lipinski definition) is 4. The van der Waals surface area contributed by atoms with Gasteiger partial charge in [0.1, 0.15) is 0 Å². The number of likely N-dealkylation sites (tertiary alicyclic amines) is 1. The lowest BCUT2D eigenvalue weighted by molar-refractivity contribution is -0.136. The van der Waals surface area contributed by atoms with E-state index in [2.05, 4.69) is 4.90 Å². The Labute approximate surface area is 164 Å². The highest BCUT2D eigenvalue weighted by Crippen LogP contribution is 2.17. The van der Waals surface area contributed by atoms with E-state index in [1.54, 1.807) is 34.1 Å². The highest BCUT2D eigenvalue weighted by Gasteiger charge is 2.29. The molecule has 0 radical (unpaired) electrons. The summed E-state index contributed by atoms with van der Waals surface area (Å²) in [7, 11) is 0. The Kier molecular flexibility index (Phi) is 6.34. The molecule has 1 atom stereocenters. The Balaban J connectivity index is 1.47. The van der Waals surface area contributed by atoms with Crippen molar-refractivity contribution in [1.82, 2.24) is 14.7 Å². The quantitative estimate of drug-likeness (QED) is 0.821. The lowest BCUT2D eigenvalue weighted by Crippen LogP contribution is -2.53. The van der Waals surface area contributed by atoms with E-state index in [1.165, 1.54) is 0 Å². The Morgan fingerprint density at radius 2 is 1.67 bits per heavy atom. The van der Waals surface area contributed by atoms with E-state index in [1.807, 2.05) is 0 Å². The molecule has 1 unspecified atom stereocenters. The maximum atomic E-state index is 12.5. The minimum absolute atomic E-state index is 0.0158. The molecule has 2 aliphatic heterocycles. The number of piperazine rings is 1. The van der Waals surface area contributed by atoms with E-state index >= 15 is 0 Å². The molecule has 0 saturated carbocycles. The van der Waals surface area contributed by atoms with E-state index in [0.717, 1.165) is 12.8 Å². The summed E-state index contributed by atoms with van der Waals surface area (Å²) in [6.07, 6.45) is 1.56. The second kappa shape index (κ2) is 8.71. The van der Waals surface area contributed by atoms with E-state index in [-0.39, 0.29) is 23.6 Å². The van der Waals surface area contributed by atoms with Crippen molar-refractivity contribution in [3.05, 3.63) is 34.9 Å². The SMILES string of the molecule is NC(=O)C1CCCN(C(=O)CN2CCN(C(=O)c3ccc(Cl)cc3)CC2)C1. The molecule has 2 fully saturated rings. The van der Waals surface area contributed by atoms with Gasteiger partial charge in [-0.2, -0.15) is 0 Å². The first-order valence-corrected chi connectivity index (χ1v) is 9.66. The van der Waals surface area contributed by atoms with Crippen molar-refractivity contribution in [2.45, 2.75) is 12.8 Å². The normalized spacial score (nSPS) is 21.1. The van der Waals surface area contributed by atoms with Crippen LogP contribution in [-0.4, -0.2) is 78.2 Å². The molecule has 27 heavy (non-hydrogen) atoms. The van der Waals surface area contributed by atoms with Gasteiger partial charge in [0, 0.05) is 49.9 Å². The average Bonchev–Trinajstić information content (AvgIpc) is 2.68. The summed E-state index contributed by atoms with van der Waals surface area (Å²) in [5.74, 6) is -0.560. The molecule has 2 saturated heterocycles. The van der Waals surface area contributed by atoms with Crippen molar-refractivity contribution < 1.29 is 14.4 Å².